The van der Waals surface area contributed by atoms with Crippen molar-refractivity contribution in [3.8, 4) is 0 Å². The molecule has 1 aromatic carbocycles. The quantitative estimate of drug-likeness (QED) is 0.790. The number of hydrogen-bond donors (Lipinski definition) is 3. The Kier molecular flexibility index (Phi) is 3.48. The summed E-state index contributed by atoms with van der Waals surface area (Å²) in [7, 11) is 0. The van der Waals surface area contributed by atoms with Crippen LogP contribution in [0.3, 0.4) is 0 Å². The molecule has 1 saturated carbocycles. The minimum atomic E-state index is 0.305. The van der Waals surface area contributed by atoms with Crippen LogP contribution in [0.15, 0.2) is 24.3 Å². The summed E-state index contributed by atoms with van der Waals surface area (Å²) in [5.41, 5.74) is 4.21. The fourth-order valence-electron chi connectivity index (χ4n) is 3.91. The van der Waals surface area contributed by atoms with Crippen molar-refractivity contribution in [3.05, 3.63) is 35.5 Å². The standard InChI is InChI=1S/C18H24N2O/c21-10-9-16(12-5-6-12)19-13-7-8-18-15(11-13)14-3-1-2-4-17(14)20-18/h1-4,12-13,16,19-21H,5-11H2. The molecule has 3 N–H and O–H groups in total. The van der Waals surface area contributed by atoms with Gasteiger partial charge in [0.1, 0.15) is 0 Å². The van der Waals surface area contributed by atoms with Crippen LogP contribution in [-0.4, -0.2) is 28.8 Å². The maximum absolute atomic E-state index is 9.26. The largest absolute Gasteiger partial charge is 0.396 e. The fraction of sp³-hybridized carbons (Fsp3) is 0.556. The van der Waals surface area contributed by atoms with Crippen LogP contribution in [0.1, 0.15) is 36.9 Å². The van der Waals surface area contributed by atoms with Gasteiger partial charge in [-0.05, 0) is 56.1 Å². The van der Waals surface area contributed by atoms with Gasteiger partial charge in [0.25, 0.3) is 0 Å². The molecule has 0 bridgehead atoms. The van der Waals surface area contributed by atoms with Crippen molar-refractivity contribution in [3.63, 3.8) is 0 Å². The van der Waals surface area contributed by atoms with Crippen molar-refractivity contribution in [1.29, 1.82) is 0 Å². The predicted octanol–water partition coefficient (Wildman–Crippen LogP) is 2.78. The van der Waals surface area contributed by atoms with Gasteiger partial charge in [0, 0.05) is 35.3 Å². The van der Waals surface area contributed by atoms with Gasteiger partial charge >= 0.3 is 0 Å². The summed E-state index contributed by atoms with van der Waals surface area (Å²) in [6, 6.07) is 9.73. The maximum Gasteiger partial charge on any atom is 0.0458 e. The second-order valence-electron chi connectivity index (χ2n) is 6.69. The molecule has 0 amide bonds. The molecule has 3 nitrogen and oxygen atoms in total. The lowest BCUT2D eigenvalue weighted by molar-refractivity contribution is 0.244. The molecule has 4 rings (SSSR count). The van der Waals surface area contributed by atoms with Crippen LogP contribution in [-0.2, 0) is 12.8 Å². The van der Waals surface area contributed by atoms with E-state index in [-0.39, 0.29) is 0 Å². The van der Waals surface area contributed by atoms with E-state index in [9.17, 15) is 5.11 Å². The van der Waals surface area contributed by atoms with E-state index in [1.165, 1.54) is 41.4 Å². The number of rotatable bonds is 5. The van der Waals surface area contributed by atoms with Gasteiger partial charge in [0.15, 0.2) is 0 Å². The second kappa shape index (κ2) is 5.47. The zero-order valence-corrected chi connectivity index (χ0v) is 12.4. The number of aliphatic hydroxyl groups excluding tert-OH is 1. The summed E-state index contributed by atoms with van der Waals surface area (Å²) < 4.78 is 0. The molecule has 2 unspecified atom stereocenters. The highest BCUT2D eigenvalue weighted by Crippen LogP contribution is 2.35. The van der Waals surface area contributed by atoms with Crippen LogP contribution in [0, 0.1) is 5.92 Å². The Labute approximate surface area is 125 Å². The summed E-state index contributed by atoms with van der Waals surface area (Å²) in [4.78, 5) is 3.58. The first-order valence-electron chi connectivity index (χ1n) is 8.30. The van der Waals surface area contributed by atoms with Gasteiger partial charge in [-0.15, -0.1) is 0 Å². The Bertz CT molecular complexity index is 629. The Balaban J connectivity index is 1.52. The molecule has 3 heteroatoms. The molecule has 1 heterocycles. The number of aliphatic hydroxyl groups is 1. The SMILES string of the molecule is OCCC(NC1CCc2[nH]c3ccccc3c2C1)C1CC1. The Morgan fingerprint density at radius 3 is 2.90 bits per heavy atom. The van der Waals surface area contributed by atoms with Crippen LogP contribution in [0.2, 0.25) is 0 Å². The van der Waals surface area contributed by atoms with Gasteiger partial charge in [-0.25, -0.2) is 0 Å². The van der Waals surface area contributed by atoms with Gasteiger partial charge in [-0.3, -0.25) is 0 Å². The van der Waals surface area contributed by atoms with Gasteiger partial charge in [0.05, 0.1) is 0 Å². The second-order valence-corrected chi connectivity index (χ2v) is 6.69. The van der Waals surface area contributed by atoms with E-state index < -0.39 is 0 Å². The highest BCUT2D eigenvalue weighted by Gasteiger charge is 2.33. The molecule has 21 heavy (non-hydrogen) atoms. The summed E-state index contributed by atoms with van der Waals surface area (Å²) in [5, 5.41) is 14.5. The molecule has 112 valence electrons. The summed E-state index contributed by atoms with van der Waals surface area (Å²) in [6.07, 6.45) is 7.04. The van der Waals surface area contributed by atoms with Gasteiger partial charge < -0.3 is 15.4 Å². The first-order valence-corrected chi connectivity index (χ1v) is 8.30. The third kappa shape index (κ3) is 2.60. The van der Waals surface area contributed by atoms with Crippen molar-refractivity contribution in [2.24, 2.45) is 5.92 Å². The number of H-pyrrole nitrogens is 1. The third-order valence-electron chi connectivity index (χ3n) is 5.18. The fourth-order valence-corrected chi connectivity index (χ4v) is 3.91. The van der Waals surface area contributed by atoms with Crippen molar-refractivity contribution >= 4 is 10.9 Å². The molecule has 0 radical (unpaired) electrons. The van der Waals surface area contributed by atoms with Crippen molar-refractivity contribution in [2.45, 2.75) is 50.6 Å². The Morgan fingerprint density at radius 1 is 1.24 bits per heavy atom. The lowest BCUT2D eigenvalue weighted by Crippen LogP contribution is -2.43. The Morgan fingerprint density at radius 2 is 2.10 bits per heavy atom. The number of hydrogen-bond acceptors (Lipinski definition) is 2. The van der Waals surface area contributed by atoms with Crippen molar-refractivity contribution < 1.29 is 5.11 Å². The average Bonchev–Trinajstić information content (AvgIpc) is 3.28. The van der Waals surface area contributed by atoms with Crippen LogP contribution in [0.5, 0.6) is 0 Å². The first-order chi connectivity index (χ1) is 10.3. The molecule has 1 aromatic heterocycles. The highest BCUT2D eigenvalue weighted by molar-refractivity contribution is 5.84. The van der Waals surface area contributed by atoms with Gasteiger partial charge in [-0.2, -0.15) is 0 Å². The van der Waals surface area contributed by atoms with Crippen molar-refractivity contribution in [2.75, 3.05) is 6.61 Å². The highest BCUT2D eigenvalue weighted by atomic mass is 16.3. The monoisotopic (exact) mass is 284 g/mol. The molecular weight excluding hydrogens is 260 g/mol. The van der Waals surface area contributed by atoms with E-state index in [2.05, 4.69) is 34.6 Å². The van der Waals surface area contributed by atoms with Crippen LogP contribution >= 0.6 is 0 Å². The van der Waals surface area contributed by atoms with E-state index >= 15 is 0 Å². The average molecular weight is 284 g/mol. The van der Waals surface area contributed by atoms with Crippen LogP contribution < -0.4 is 5.32 Å². The van der Waals surface area contributed by atoms with E-state index in [1.54, 1.807) is 0 Å². The number of nitrogens with one attached hydrogen (secondary N) is 2. The van der Waals surface area contributed by atoms with Crippen molar-refractivity contribution in [1.82, 2.24) is 10.3 Å². The minimum Gasteiger partial charge on any atom is -0.396 e. The van der Waals surface area contributed by atoms with E-state index in [1.807, 2.05) is 0 Å². The molecule has 2 aliphatic rings. The van der Waals surface area contributed by atoms with Gasteiger partial charge in [0.2, 0.25) is 0 Å². The maximum atomic E-state index is 9.26. The normalized spacial score (nSPS) is 23.2. The van der Waals surface area contributed by atoms with E-state index in [4.69, 9.17) is 0 Å². The number of para-hydroxylation sites is 1. The van der Waals surface area contributed by atoms with Crippen LogP contribution in [0.25, 0.3) is 10.9 Å². The van der Waals surface area contributed by atoms with E-state index in [0.29, 0.717) is 18.7 Å². The smallest absolute Gasteiger partial charge is 0.0458 e. The number of aromatic amines is 1. The topological polar surface area (TPSA) is 48.0 Å². The van der Waals surface area contributed by atoms with Crippen LogP contribution in [0.4, 0.5) is 0 Å². The molecular formula is C18H24N2O. The number of aryl methyl sites for hydroxylation is 1. The first kappa shape index (κ1) is 13.4. The number of fused-ring (bicyclic) bond motifs is 3. The summed E-state index contributed by atoms with van der Waals surface area (Å²) >= 11 is 0. The minimum absolute atomic E-state index is 0.305. The van der Waals surface area contributed by atoms with Gasteiger partial charge in [-0.1, -0.05) is 18.2 Å². The summed E-state index contributed by atoms with van der Waals surface area (Å²) in [6.45, 7) is 0.305. The van der Waals surface area contributed by atoms with E-state index in [0.717, 1.165) is 25.2 Å². The molecule has 0 spiro atoms. The molecule has 2 atom stereocenters. The zero-order chi connectivity index (χ0) is 14.2. The lowest BCUT2D eigenvalue weighted by atomic mass is 9.90. The lowest BCUT2D eigenvalue weighted by Gasteiger charge is -2.28. The molecule has 2 aromatic rings. The molecule has 1 fully saturated rings. The molecule has 0 aliphatic heterocycles. The summed E-state index contributed by atoms with van der Waals surface area (Å²) in [5.74, 6) is 0.807. The zero-order valence-electron chi connectivity index (χ0n) is 12.4. The molecule has 2 aliphatic carbocycles. The predicted molar refractivity (Wildman–Crippen MR) is 85.5 cm³/mol. The number of aromatic nitrogens is 1. The molecule has 0 saturated heterocycles. The number of benzene rings is 1. The third-order valence-corrected chi connectivity index (χ3v) is 5.18. The Hall–Kier alpha value is -1.32.